The van der Waals surface area contributed by atoms with Crippen molar-refractivity contribution in [3.05, 3.63) is 35.6 Å². The van der Waals surface area contributed by atoms with E-state index < -0.39 is 0 Å². The van der Waals surface area contributed by atoms with Gasteiger partial charge in [0.15, 0.2) is 0 Å². The first-order valence-corrected chi connectivity index (χ1v) is 8.93. The molecule has 134 valence electrons. The van der Waals surface area contributed by atoms with Gasteiger partial charge in [0.1, 0.15) is 5.82 Å². The van der Waals surface area contributed by atoms with Crippen LogP contribution in [0.15, 0.2) is 24.3 Å². The Kier molecular flexibility index (Phi) is 7.05. The Morgan fingerprint density at radius 2 is 1.96 bits per heavy atom. The van der Waals surface area contributed by atoms with Crippen LogP contribution in [0.1, 0.15) is 57.1 Å². The van der Waals surface area contributed by atoms with Crippen LogP contribution in [-0.2, 0) is 4.79 Å². The second-order valence-corrected chi connectivity index (χ2v) is 7.13. The zero-order chi connectivity index (χ0) is 16.2. The summed E-state index contributed by atoms with van der Waals surface area (Å²) in [5, 5.41) is 6.58. The SMILES string of the molecule is C[C@H]1C[C@@H](C(=O)NC(c2ccccc2F)C2CCCC2)CCN1.Cl. The average molecular weight is 355 g/mol. The monoisotopic (exact) mass is 354 g/mol. The molecule has 1 aromatic rings. The summed E-state index contributed by atoms with van der Waals surface area (Å²) in [5.74, 6) is 0.291. The third kappa shape index (κ3) is 4.48. The predicted molar refractivity (Wildman–Crippen MR) is 96.7 cm³/mol. The fraction of sp³-hybridized carbons (Fsp3) is 0.632. The van der Waals surface area contributed by atoms with Crippen molar-refractivity contribution in [1.29, 1.82) is 0 Å². The van der Waals surface area contributed by atoms with E-state index in [9.17, 15) is 9.18 Å². The normalized spacial score (nSPS) is 25.8. The first-order valence-electron chi connectivity index (χ1n) is 8.93. The van der Waals surface area contributed by atoms with Gasteiger partial charge in [-0.1, -0.05) is 31.0 Å². The minimum atomic E-state index is -0.205. The summed E-state index contributed by atoms with van der Waals surface area (Å²) >= 11 is 0. The molecule has 0 aromatic heterocycles. The fourth-order valence-corrected chi connectivity index (χ4v) is 4.11. The van der Waals surface area contributed by atoms with Crippen molar-refractivity contribution in [1.82, 2.24) is 10.6 Å². The highest BCUT2D eigenvalue weighted by Gasteiger charge is 2.32. The van der Waals surface area contributed by atoms with Crippen LogP contribution in [0.4, 0.5) is 4.39 Å². The van der Waals surface area contributed by atoms with E-state index in [4.69, 9.17) is 0 Å². The Labute approximate surface area is 150 Å². The molecule has 1 aromatic carbocycles. The third-order valence-corrected chi connectivity index (χ3v) is 5.40. The Morgan fingerprint density at radius 3 is 2.62 bits per heavy atom. The third-order valence-electron chi connectivity index (χ3n) is 5.40. The summed E-state index contributed by atoms with van der Waals surface area (Å²) < 4.78 is 14.3. The number of halogens is 2. The molecule has 3 rings (SSSR count). The smallest absolute Gasteiger partial charge is 0.223 e. The standard InChI is InChI=1S/C19H27FN2O.ClH/c1-13-12-15(10-11-21-13)19(23)22-18(14-6-2-3-7-14)16-8-4-5-9-17(16)20;/h4-5,8-9,13-15,18,21H,2-3,6-7,10-12H2,1H3,(H,22,23);1H/t13-,15-,18?;/m0./s1. The van der Waals surface area contributed by atoms with E-state index in [1.807, 2.05) is 12.1 Å². The van der Waals surface area contributed by atoms with Crippen LogP contribution in [0, 0.1) is 17.7 Å². The van der Waals surface area contributed by atoms with Crippen molar-refractivity contribution in [2.45, 2.75) is 57.5 Å². The Balaban J connectivity index is 0.00000208. The maximum absolute atomic E-state index is 14.3. The van der Waals surface area contributed by atoms with Crippen LogP contribution >= 0.6 is 12.4 Å². The number of carbonyl (C=O) groups is 1. The summed E-state index contributed by atoms with van der Waals surface area (Å²) in [5.41, 5.74) is 0.648. The Hall–Kier alpha value is -1.13. The molecule has 1 unspecified atom stereocenters. The molecule has 1 amide bonds. The Bertz CT molecular complexity index is 548. The van der Waals surface area contributed by atoms with Gasteiger partial charge in [0, 0.05) is 17.5 Å². The first kappa shape index (κ1) is 19.2. The van der Waals surface area contributed by atoms with E-state index in [1.54, 1.807) is 6.07 Å². The van der Waals surface area contributed by atoms with E-state index in [0.717, 1.165) is 32.2 Å². The molecular formula is C19H28ClFN2O. The van der Waals surface area contributed by atoms with Crippen LogP contribution in [-0.4, -0.2) is 18.5 Å². The predicted octanol–water partition coefficient (Wildman–Crippen LogP) is 3.98. The molecule has 1 aliphatic heterocycles. The summed E-state index contributed by atoms with van der Waals surface area (Å²) in [7, 11) is 0. The molecule has 3 atom stereocenters. The summed E-state index contributed by atoms with van der Waals surface area (Å²) in [6, 6.07) is 7.08. The van der Waals surface area contributed by atoms with E-state index in [0.29, 0.717) is 17.5 Å². The van der Waals surface area contributed by atoms with Crippen molar-refractivity contribution in [3.63, 3.8) is 0 Å². The zero-order valence-electron chi connectivity index (χ0n) is 14.3. The largest absolute Gasteiger partial charge is 0.349 e. The van der Waals surface area contributed by atoms with Gasteiger partial charge in [-0.3, -0.25) is 4.79 Å². The molecule has 2 aliphatic rings. The minimum absolute atomic E-state index is 0. The molecule has 2 N–H and O–H groups in total. The highest BCUT2D eigenvalue weighted by Crippen LogP contribution is 2.37. The Morgan fingerprint density at radius 1 is 1.25 bits per heavy atom. The molecular weight excluding hydrogens is 327 g/mol. The lowest BCUT2D eigenvalue weighted by Gasteiger charge is -2.31. The van der Waals surface area contributed by atoms with Crippen molar-refractivity contribution in [3.8, 4) is 0 Å². The van der Waals surface area contributed by atoms with E-state index in [2.05, 4.69) is 17.6 Å². The molecule has 1 heterocycles. The van der Waals surface area contributed by atoms with Crippen molar-refractivity contribution < 1.29 is 9.18 Å². The number of hydrogen-bond acceptors (Lipinski definition) is 2. The average Bonchev–Trinajstić information content (AvgIpc) is 3.07. The number of nitrogens with one attached hydrogen (secondary N) is 2. The molecule has 5 heteroatoms. The van der Waals surface area contributed by atoms with Gasteiger partial charge in [0.05, 0.1) is 6.04 Å². The molecule has 1 saturated carbocycles. The summed E-state index contributed by atoms with van der Waals surface area (Å²) in [6.45, 7) is 3.00. The van der Waals surface area contributed by atoms with Crippen LogP contribution in [0.5, 0.6) is 0 Å². The zero-order valence-corrected chi connectivity index (χ0v) is 15.1. The van der Waals surface area contributed by atoms with Crippen molar-refractivity contribution >= 4 is 18.3 Å². The lowest BCUT2D eigenvalue weighted by atomic mass is 9.88. The topological polar surface area (TPSA) is 41.1 Å². The first-order chi connectivity index (χ1) is 11.1. The van der Waals surface area contributed by atoms with Gasteiger partial charge in [-0.15, -0.1) is 12.4 Å². The van der Waals surface area contributed by atoms with Gasteiger partial charge in [-0.2, -0.15) is 0 Å². The lowest BCUT2D eigenvalue weighted by molar-refractivity contribution is -0.127. The van der Waals surface area contributed by atoms with Crippen LogP contribution in [0.25, 0.3) is 0 Å². The second kappa shape index (κ2) is 8.82. The van der Waals surface area contributed by atoms with Gasteiger partial charge in [0.25, 0.3) is 0 Å². The number of benzene rings is 1. The number of carbonyl (C=O) groups excluding carboxylic acids is 1. The van der Waals surface area contributed by atoms with Crippen LogP contribution in [0.3, 0.4) is 0 Å². The van der Waals surface area contributed by atoms with Gasteiger partial charge in [-0.05, 0) is 51.1 Å². The molecule has 0 radical (unpaired) electrons. The number of rotatable bonds is 4. The summed E-state index contributed by atoms with van der Waals surface area (Å²) in [4.78, 5) is 12.7. The van der Waals surface area contributed by atoms with E-state index >= 15 is 0 Å². The number of amides is 1. The fourth-order valence-electron chi connectivity index (χ4n) is 4.11. The summed E-state index contributed by atoms with van der Waals surface area (Å²) in [6.07, 6.45) is 6.22. The van der Waals surface area contributed by atoms with E-state index in [-0.39, 0.29) is 36.1 Å². The minimum Gasteiger partial charge on any atom is -0.349 e. The van der Waals surface area contributed by atoms with Crippen LogP contribution in [0.2, 0.25) is 0 Å². The van der Waals surface area contributed by atoms with E-state index in [1.165, 1.54) is 18.9 Å². The van der Waals surface area contributed by atoms with Crippen LogP contribution < -0.4 is 10.6 Å². The molecule has 0 spiro atoms. The maximum Gasteiger partial charge on any atom is 0.223 e. The van der Waals surface area contributed by atoms with Crippen molar-refractivity contribution in [2.75, 3.05) is 6.54 Å². The molecule has 2 fully saturated rings. The molecule has 0 bridgehead atoms. The molecule has 24 heavy (non-hydrogen) atoms. The molecule has 1 aliphatic carbocycles. The lowest BCUT2D eigenvalue weighted by Crippen LogP contribution is -2.44. The molecule has 3 nitrogen and oxygen atoms in total. The molecule has 1 saturated heterocycles. The maximum atomic E-state index is 14.3. The second-order valence-electron chi connectivity index (χ2n) is 7.13. The van der Waals surface area contributed by atoms with Gasteiger partial charge in [-0.25, -0.2) is 4.39 Å². The highest BCUT2D eigenvalue weighted by molar-refractivity contribution is 5.85. The quantitative estimate of drug-likeness (QED) is 0.858. The highest BCUT2D eigenvalue weighted by atomic mass is 35.5. The van der Waals surface area contributed by atoms with Gasteiger partial charge in [0.2, 0.25) is 5.91 Å². The number of piperidine rings is 1. The van der Waals surface area contributed by atoms with Gasteiger partial charge >= 0.3 is 0 Å². The van der Waals surface area contributed by atoms with Gasteiger partial charge < -0.3 is 10.6 Å². The number of hydrogen-bond donors (Lipinski definition) is 2. The van der Waals surface area contributed by atoms with Crippen molar-refractivity contribution in [2.24, 2.45) is 11.8 Å².